The number of aromatic nitrogens is 1. The number of aromatic carboxylic acids is 1. The van der Waals surface area contributed by atoms with Crippen LogP contribution in [0.2, 0.25) is 0 Å². The fourth-order valence-electron chi connectivity index (χ4n) is 1.89. The predicted molar refractivity (Wildman–Crippen MR) is 67.8 cm³/mol. The van der Waals surface area contributed by atoms with Gasteiger partial charge >= 0.3 is 5.97 Å². The van der Waals surface area contributed by atoms with Crippen molar-refractivity contribution in [1.29, 1.82) is 0 Å². The van der Waals surface area contributed by atoms with Gasteiger partial charge in [-0.1, -0.05) is 0 Å². The number of carboxylic acid groups (broad SMARTS) is 1. The maximum Gasteiger partial charge on any atom is 0.335 e. The molecule has 1 fully saturated rings. The van der Waals surface area contributed by atoms with E-state index in [2.05, 4.69) is 9.71 Å². The Kier molecular flexibility index (Phi) is 4.13. The molecule has 2 N–H and O–H groups in total. The van der Waals surface area contributed by atoms with E-state index in [9.17, 15) is 13.2 Å². The summed E-state index contributed by atoms with van der Waals surface area (Å²) in [5, 5.41) is 8.84. The number of pyridine rings is 1. The second-order valence-corrected chi connectivity index (χ2v) is 6.03. The molecule has 2 rings (SSSR count). The molecule has 8 heteroatoms. The summed E-state index contributed by atoms with van der Waals surface area (Å²) in [4.78, 5) is 14.7. The Hall–Kier alpha value is -1.51. The molecule has 2 heterocycles. The Balaban J connectivity index is 2.02. The summed E-state index contributed by atoms with van der Waals surface area (Å²) in [6.45, 7) is 1.04. The first kappa shape index (κ1) is 13.9. The molecule has 0 aliphatic carbocycles. The number of hydrogen-bond donors (Lipinski definition) is 2. The van der Waals surface area contributed by atoms with Crippen molar-refractivity contribution in [2.75, 3.05) is 13.1 Å². The SMILES string of the molecule is O=C(O)c1ccnc(CNS(=O)(=O)N2CCCC2)c1. The van der Waals surface area contributed by atoms with Gasteiger partial charge in [-0.05, 0) is 25.0 Å². The average Bonchev–Trinajstić information content (AvgIpc) is 2.91. The lowest BCUT2D eigenvalue weighted by molar-refractivity contribution is 0.0696. The van der Waals surface area contributed by atoms with Crippen LogP contribution in [0.1, 0.15) is 28.9 Å². The van der Waals surface area contributed by atoms with Crippen LogP contribution in [0.4, 0.5) is 0 Å². The van der Waals surface area contributed by atoms with Gasteiger partial charge in [0.05, 0.1) is 17.8 Å². The molecule has 0 bridgehead atoms. The van der Waals surface area contributed by atoms with E-state index < -0.39 is 16.2 Å². The van der Waals surface area contributed by atoms with Crippen LogP contribution in [-0.4, -0.2) is 41.9 Å². The van der Waals surface area contributed by atoms with Gasteiger partial charge in [0.2, 0.25) is 0 Å². The van der Waals surface area contributed by atoms with Crippen molar-refractivity contribution >= 4 is 16.2 Å². The smallest absolute Gasteiger partial charge is 0.335 e. The minimum Gasteiger partial charge on any atom is -0.478 e. The number of carboxylic acids is 1. The van der Waals surface area contributed by atoms with Crippen molar-refractivity contribution in [3.8, 4) is 0 Å². The molecule has 0 radical (unpaired) electrons. The van der Waals surface area contributed by atoms with E-state index in [4.69, 9.17) is 5.11 Å². The summed E-state index contributed by atoms with van der Waals surface area (Å²) in [6, 6.07) is 2.72. The first-order valence-electron chi connectivity index (χ1n) is 5.92. The number of hydrogen-bond acceptors (Lipinski definition) is 4. The molecule has 1 saturated heterocycles. The van der Waals surface area contributed by atoms with Gasteiger partial charge < -0.3 is 5.11 Å². The van der Waals surface area contributed by atoms with Crippen molar-refractivity contribution in [3.63, 3.8) is 0 Å². The fraction of sp³-hybridized carbons (Fsp3) is 0.455. The van der Waals surface area contributed by atoms with Gasteiger partial charge in [0, 0.05) is 19.3 Å². The zero-order chi connectivity index (χ0) is 13.9. The third kappa shape index (κ3) is 3.49. The highest BCUT2D eigenvalue weighted by Crippen LogP contribution is 2.11. The Bertz CT molecular complexity index is 567. The third-order valence-electron chi connectivity index (χ3n) is 2.90. The highest BCUT2D eigenvalue weighted by atomic mass is 32.2. The van der Waals surface area contributed by atoms with E-state index in [1.54, 1.807) is 0 Å². The van der Waals surface area contributed by atoms with Crippen LogP contribution in [0.5, 0.6) is 0 Å². The zero-order valence-corrected chi connectivity index (χ0v) is 11.1. The molecule has 0 amide bonds. The Morgan fingerprint density at radius 2 is 2.11 bits per heavy atom. The largest absolute Gasteiger partial charge is 0.478 e. The van der Waals surface area contributed by atoms with Crippen molar-refractivity contribution in [1.82, 2.24) is 14.0 Å². The van der Waals surface area contributed by atoms with Crippen molar-refractivity contribution < 1.29 is 18.3 Å². The van der Waals surface area contributed by atoms with Crippen molar-refractivity contribution in [3.05, 3.63) is 29.6 Å². The molecule has 1 aromatic rings. The lowest BCUT2D eigenvalue weighted by Crippen LogP contribution is -2.38. The minimum absolute atomic E-state index is 0.0139. The van der Waals surface area contributed by atoms with E-state index in [1.807, 2.05) is 0 Å². The lowest BCUT2D eigenvalue weighted by Gasteiger charge is -2.15. The molecule has 0 atom stereocenters. The molecular formula is C11H15N3O4S. The highest BCUT2D eigenvalue weighted by Gasteiger charge is 2.24. The highest BCUT2D eigenvalue weighted by molar-refractivity contribution is 7.87. The van der Waals surface area contributed by atoms with Crippen molar-refractivity contribution in [2.24, 2.45) is 0 Å². The predicted octanol–water partition coefficient (Wildman–Crippen LogP) is 0.210. The van der Waals surface area contributed by atoms with Gasteiger partial charge in [0.1, 0.15) is 0 Å². The van der Waals surface area contributed by atoms with Crippen LogP contribution < -0.4 is 4.72 Å². The summed E-state index contributed by atoms with van der Waals surface area (Å²) in [5.74, 6) is -1.06. The second kappa shape index (κ2) is 5.64. The van der Waals surface area contributed by atoms with E-state index in [0.717, 1.165) is 12.8 Å². The molecule has 1 aromatic heterocycles. The molecule has 0 aromatic carbocycles. The maximum absolute atomic E-state index is 11.9. The molecule has 104 valence electrons. The van der Waals surface area contributed by atoms with Crippen LogP contribution in [0.3, 0.4) is 0 Å². The lowest BCUT2D eigenvalue weighted by atomic mass is 10.2. The Morgan fingerprint density at radius 3 is 2.74 bits per heavy atom. The number of nitrogens with zero attached hydrogens (tertiary/aromatic N) is 2. The average molecular weight is 285 g/mol. The minimum atomic E-state index is -3.50. The molecule has 0 unspecified atom stereocenters. The van der Waals surface area contributed by atoms with Gasteiger partial charge in [0.25, 0.3) is 10.2 Å². The second-order valence-electron chi connectivity index (χ2n) is 4.27. The van der Waals surface area contributed by atoms with E-state index in [-0.39, 0.29) is 12.1 Å². The van der Waals surface area contributed by atoms with Gasteiger partial charge in [-0.15, -0.1) is 0 Å². The fourth-order valence-corrected chi connectivity index (χ4v) is 3.14. The number of nitrogens with one attached hydrogen (secondary N) is 1. The van der Waals surface area contributed by atoms with Crippen LogP contribution in [0, 0.1) is 0 Å². The molecule has 0 spiro atoms. The molecule has 1 aliphatic heterocycles. The summed E-state index contributed by atoms with van der Waals surface area (Å²) < 4.78 is 27.6. The maximum atomic E-state index is 11.9. The van der Waals surface area contributed by atoms with Gasteiger partial charge in [-0.2, -0.15) is 17.4 Å². The third-order valence-corrected chi connectivity index (χ3v) is 4.46. The topological polar surface area (TPSA) is 99.6 Å². The molecular weight excluding hydrogens is 270 g/mol. The van der Waals surface area contributed by atoms with Gasteiger partial charge in [-0.3, -0.25) is 4.98 Å². The monoisotopic (exact) mass is 285 g/mol. The molecule has 1 aliphatic rings. The van der Waals surface area contributed by atoms with E-state index in [0.29, 0.717) is 18.8 Å². The summed E-state index contributed by atoms with van der Waals surface area (Å²) in [6.07, 6.45) is 3.09. The quantitative estimate of drug-likeness (QED) is 0.805. The summed E-state index contributed by atoms with van der Waals surface area (Å²) >= 11 is 0. The van der Waals surface area contributed by atoms with Crippen LogP contribution in [-0.2, 0) is 16.8 Å². The number of carbonyl (C=O) groups is 1. The van der Waals surface area contributed by atoms with E-state index >= 15 is 0 Å². The van der Waals surface area contributed by atoms with Crippen LogP contribution in [0.15, 0.2) is 18.3 Å². The van der Waals surface area contributed by atoms with Gasteiger partial charge in [0.15, 0.2) is 0 Å². The zero-order valence-electron chi connectivity index (χ0n) is 10.2. The van der Waals surface area contributed by atoms with Crippen LogP contribution >= 0.6 is 0 Å². The molecule has 0 saturated carbocycles. The van der Waals surface area contributed by atoms with E-state index in [1.165, 1.54) is 22.6 Å². The Morgan fingerprint density at radius 1 is 1.42 bits per heavy atom. The first-order chi connectivity index (χ1) is 8.99. The molecule has 7 nitrogen and oxygen atoms in total. The first-order valence-corrected chi connectivity index (χ1v) is 7.36. The normalized spacial score (nSPS) is 16.6. The Labute approximate surface area is 111 Å². The van der Waals surface area contributed by atoms with Crippen molar-refractivity contribution in [2.45, 2.75) is 19.4 Å². The summed E-state index contributed by atoms with van der Waals surface area (Å²) in [5.41, 5.74) is 0.466. The molecule has 19 heavy (non-hydrogen) atoms. The summed E-state index contributed by atoms with van der Waals surface area (Å²) in [7, 11) is -3.50. The number of rotatable bonds is 5. The van der Waals surface area contributed by atoms with Crippen LogP contribution in [0.25, 0.3) is 0 Å². The van der Waals surface area contributed by atoms with Gasteiger partial charge in [-0.25, -0.2) is 4.79 Å². The standard InChI is InChI=1S/C11H15N3O4S/c15-11(16)9-3-4-12-10(7-9)8-13-19(17,18)14-5-1-2-6-14/h3-4,7,13H,1-2,5-6,8H2,(H,15,16).